The standard InChI is InChI=1S/C24H25F3N2O3/c25-24(26,27)21-5-1-16(2-6-21)9-28-10-18-12-29(13-19(18)11-28)22(30)17-3-7-20(8-4-17)23(31)14-32-15-23/h1-8,18-19,31H,9-15H2. The molecular weight excluding hydrogens is 421 g/mol. The van der Waals surface area contributed by atoms with Crippen LogP contribution >= 0.6 is 0 Å². The van der Waals surface area contributed by atoms with E-state index < -0.39 is 17.3 Å². The van der Waals surface area contributed by atoms with Crippen LogP contribution in [0, 0.1) is 11.8 Å². The fourth-order valence-electron chi connectivity index (χ4n) is 5.01. The van der Waals surface area contributed by atoms with E-state index in [1.807, 2.05) is 4.90 Å². The van der Waals surface area contributed by atoms with Crippen molar-refractivity contribution in [2.75, 3.05) is 39.4 Å². The maximum Gasteiger partial charge on any atom is 0.416 e. The number of alkyl halides is 3. The van der Waals surface area contributed by atoms with E-state index in [1.165, 1.54) is 0 Å². The van der Waals surface area contributed by atoms with Gasteiger partial charge >= 0.3 is 6.18 Å². The van der Waals surface area contributed by atoms with E-state index in [0.717, 1.165) is 36.3 Å². The van der Waals surface area contributed by atoms with Gasteiger partial charge in [-0.1, -0.05) is 24.3 Å². The Hall–Kier alpha value is -2.42. The molecule has 1 amide bonds. The van der Waals surface area contributed by atoms with Gasteiger partial charge in [0, 0.05) is 38.3 Å². The molecule has 170 valence electrons. The second kappa shape index (κ2) is 7.86. The van der Waals surface area contributed by atoms with Crippen LogP contribution in [0.4, 0.5) is 13.2 Å². The molecule has 0 radical (unpaired) electrons. The highest BCUT2D eigenvalue weighted by Crippen LogP contribution is 2.34. The zero-order valence-corrected chi connectivity index (χ0v) is 17.5. The zero-order chi connectivity index (χ0) is 22.5. The van der Waals surface area contributed by atoms with Gasteiger partial charge in [0.25, 0.3) is 5.91 Å². The topological polar surface area (TPSA) is 53.0 Å². The molecule has 2 aromatic carbocycles. The number of ether oxygens (including phenoxy) is 1. The van der Waals surface area contributed by atoms with Crippen molar-refractivity contribution in [3.63, 3.8) is 0 Å². The average Bonchev–Trinajstić information content (AvgIpc) is 3.30. The van der Waals surface area contributed by atoms with E-state index in [1.54, 1.807) is 36.4 Å². The molecule has 0 bridgehead atoms. The fourth-order valence-corrected chi connectivity index (χ4v) is 5.01. The molecule has 8 heteroatoms. The summed E-state index contributed by atoms with van der Waals surface area (Å²) in [7, 11) is 0. The summed E-state index contributed by atoms with van der Waals surface area (Å²) in [6, 6.07) is 12.5. The lowest BCUT2D eigenvalue weighted by Crippen LogP contribution is -2.46. The summed E-state index contributed by atoms with van der Waals surface area (Å²) < 4.78 is 43.3. The van der Waals surface area contributed by atoms with Crippen LogP contribution < -0.4 is 0 Å². The lowest BCUT2D eigenvalue weighted by molar-refractivity contribution is -0.184. The van der Waals surface area contributed by atoms with E-state index in [0.29, 0.717) is 37.0 Å². The number of halogens is 3. The third-order valence-corrected chi connectivity index (χ3v) is 6.89. The van der Waals surface area contributed by atoms with Crippen molar-refractivity contribution in [2.45, 2.75) is 18.3 Å². The van der Waals surface area contributed by atoms with Gasteiger partial charge in [0.2, 0.25) is 0 Å². The number of hydrogen-bond acceptors (Lipinski definition) is 4. The Bertz CT molecular complexity index is 973. The maximum absolute atomic E-state index is 12.9. The summed E-state index contributed by atoms with van der Waals surface area (Å²) in [5.74, 6) is 0.748. The molecule has 2 aromatic rings. The minimum absolute atomic E-state index is 0.00270. The summed E-state index contributed by atoms with van der Waals surface area (Å²) in [6.45, 7) is 4.21. The van der Waals surface area contributed by atoms with Crippen LogP contribution in [0.5, 0.6) is 0 Å². The molecule has 0 aromatic heterocycles. The second-order valence-electron chi connectivity index (χ2n) is 9.22. The SMILES string of the molecule is O=C(c1ccc(C2(O)COC2)cc1)N1CC2CN(Cc3ccc(C(F)(F)F)cc3)CC2C1. The van der Waals surface area contributed by atoms with Crippen molar-refractivity contribution in [1.29, 1.82) is 0 Å². The summed E-state index contributed by atoms with van der Waals surface area (Å²) in [5.41, 5.74) is 0.668. The molecule has 3 fully saturated rings. The number of carbonyl (C=O) groups is 1. The molecule has 0 saturated carbocycles. The molecule has 3 aliphatic heterocycles. The molecular formula is C24H25F3N2O3. The predicted octanol–water partition coefficient (Wildman–Crippen LogP) is 3.13. The van der Waals surface area contributed by atoms with Crippen LogP contribution in [-0.4, -0.2) is 60.2 Å². The first kappa shape index (κ1) is 21.4. The van der Waals surface area contributed by atoms with Crippen molar-refractivity contribution in [3.05, 3.63) is 70.8 Å². The molecule has 32 heavy (non-hydrogen) atoms. The van der Waals surface area contributed by atoms with Gasteiger partial charge in [-0.05, 0) is 47.2 Å². The third-order valence-electron chi connectivity index (χ3n) is 6.89. The molecule has 3 aliphatic rings. The number of aliphatic hydroxyl groups is 1. The summed E-state index contributed by atoms with van der Waals surface area (Å²) in [4.78, 5) is 17.1. The third kappa shape index (κ3) is 4.02. The van der Waals surface area contributed by atoms with Gasteiger partial charge in [0.15, 0.2) is 0 Å². The lowest BCUT2D eigenvalue weighted by Gasteiger charge is -2.36. The Morgan fingerprint density at radius 3 is 2.06 bits per heavy atom. The first-order valence-electron chi connectivity index (χ1n) is 10.8. The van der Waals surface area contributed by atoms with Crippen molar-refractivity contribution < 1.29 is 27.8 Å². The summed E-state index contributed by atoms with van der Waals surface area (Å²) >= 11 is 0. The average molecular weight is 446 g/mol. The molecule has 0 aliphatic carbocycles. The first-order chi connectivity index (χ1) is 15.2. The fraction of sp³-hybridized carbons (Fsp3) is 0.458. The minimum Gasteiger partial charge on any atom is -0.380 e. The van der Waals surface area contributed by atoms with E-state index in [-0.39, 0.29) is 19.1 Å². The number of nitrogens with zero attached hydrogens (tertiary/aromatic N) is 2. The van der Waals surface area contributed by atoms with Crippen LogP contribution in [0.15, 0.2) is 48.5 Å². The Balaban J connectivity index is 1.15. The Kier molecular flexibility index (Phi) is 5.27. The number of amides is 1. The summed E-state index contributed by atoms with van der Waals surface area (Å²) in [5, 5.41) is 10.3. The number of benzene rings is 2. The quantitative estimate of drug-likeness (QED) is 0.784. The van der Waals surface area contributed by atoms with Gasteiger partial charge in [-0.2, -0.15) is 13.2 Å². The maximum atomic E-state index is 12.9. The van der Waals surface area contributed by atoms with Gasteiger partial charge in [-0.25, -0.2) is 0 Å². The van der Waals surface area contributed by atoms with Crippen LogP contribution in [0.1, 0.15) is 27.0 Å². The number of fused-ring (bicyclic) bond motifs is 1. The van der Waals surface area contributed by atoms with Crippen LogP contribution in [-0.2, 0) is 23.1 Å². The summed E-state index contributed by atoms with van der Waals surface area (Å²) in [6.07, 6.45) is -4.31. The van der Waals surface area contributed by atoms with Gasteiger partial charge < -0.3 is 14.7 Å². The Morgan fingerprint density at radius 1 is 0.969 bits per heavy atom. The van der Waals surface area contributed by atoms with Crippen LogP contribution in [0.25, 0.3) is 0 Å². The largest absolute Gasteiger partial charge is 0.416 e. The van der Waals surface area contributed by atoms with Gasteiger partial charge in [-0.3, -0.25) is 9.69 Å². The van der Waals surface area contributed by atoms with Crippen molar-refractivity contribution in [2.24, 2.45) is 11.8 Å². The first-order valence-corrected chi connectivity index (χ1v) is 10.8. The number of rotatable bonds is 4. The molecule has 2 atom stereocenters. The van der Waals surface area contributed by atoms with Gasteiger partial charge in [-0.15, -0.1) is 0 Å². The minimum atomic E-state index is -4.31. The Morgan fingerprint density at radius 2 is 1.56 bits per heavy atom. The second-order valence-corrected chi connectivity index (χ2v) is 9.22. The number of carbonyl (C=O) groups excluding carboxylic acids is 1. The highest BCUT2D eigenvalue weighted by molar-refractivity contribution is 5.94. The highest BCUT2D eigenvalue weighted by atomic mass is 19.4. The zero-order valence-electron chi connectivity index (χ0n) is 17.5. The van der Waals surface area contributed by atoms with E-state index >= 15 is 0 Å². The van der Waals surface area contributed by atoms with Crippen LogP contribution in [0.2, 0.25) is 0 Å². The Labute approximate surface area is 184 Å². The lowest BCUT2D eigenvalue weighted by atomic mass is 9.91. The monoisotopic (exact) mass is 446 g/mol. The number of hydrogen-bond donors (Lipinski definition) is 1. The smallest absolute Gasteiger partial charge is 0.380 e. The van der Waals surface area contributed by atoms with Crippen LogP contribution in [0.3, 0.4) is 0 Å². The molecule has 1 N–H and O–H groups in total. The van der Waals surface area contributed by atoms with Crippen molar-refractivity contribution in [1.82, 2.24) is 9.80 Å². The van der Waals surface area contributed by atoms with Crippen molar-refractivity contribution >= 4 is 5.91 Å². The normalized spacial score (nSPS) is 24.9. The van der Waals surface area contributed by atoms with Gasteiger partial charge in [0.05, 0.1) is 18.8 Å². The molecule has 5 nitrogen and oxygen atoms in total. The molecule has 3 saturated heterocycles. The molecule has 0 spiro atoms. The molecule has 2 unspecified atom stereocenters. The van der Waals surface area contributed by atoms with E-state index in [9.17, 15) is 23.1 Å². The molecule has 5 rings (SSSR count). The highest BCUT2D eigenvalue weighted by Gasteiger charge is 2.42. The van der Waals surface area contributed by atoms with Gasteiger partial charge in [0.1, 0.15) is 5.60 Å². The van der Waals surface area contributed by atoms with E-state index in [2.05, 4.69) is 4.90 Å². The molecule has 3 heterocycles. The predicted molar refractivity (Wildman–Crippen MR) is 111 cm³/mol. The van der Waals surface area contributed by atoms with Crippen molar-refractivity contribution in [3.8, 4) is 0 Å². The van der Waals surface area contributed by atoms with E-state index in [4.69, 9.17) is 4.74 Å². The number of likely N-dealkylation sites (tertiary alicyclic amines) is 2.